The monoisotopic (exact) mass is 636 g/mol. The molecule has 2 saturated heterocycles. The summed E-state index contributed by atoms with van der Waals surface area (Å²) < 4.78 is 5.39. The van der Waals surface area contributed by atoms with Gasteiger partial charge < -0.3 is 35.6 Å². The van der Waals surface area contributed by atoms with Crippen LogP contribution in [0.3, 0.4) is 0 Å². The fourth-order valence-electron chi connectivity index (χ4n) is 5.87. The van der Waals surface area contributed by atoms with Gasteiger partial charge in [-0.05, 0) is 50.3 Å². The molecule has 0 spiro atoms. The average Bonchev–Trinajstić information content (AvgIpc) is 3.09. The van der Waals surface area contributed by atoms with Gasteiger partial charge in [-0.1, -0.05) is 56.5 Å². The zero-order chi connectivity index (χ0) is 32.9. The van der Waals surface area contributed by atoms with Crippen molar-refractivity contribution in [2.24, 2.45) is 11.7 Å². The van der Waals surface area contributed by atoms with Crippen molar-refractivity contribution < 1.29 is 29.0 Å². The average molecular weight is 637 g/mol. The lowest BCUT2D eigenvalue weighted by molar-refractivity contribution is -0.138. The number of carbonyl (C=O) groups excluding carboxylic acids is 3. The lowest BCUT2D eigenvalue weighted by Gasteiger charge is -2.36. The number of carboxylic acids is 1. The molecule has 3 amide bonds. The van der Waals surface area contributed by atoms with Crippen molar-refractivity contribution in [2.45, 2.75) is 64.3 Å². The summed E-state index contributed by atoms with van der Waals surface area (Å²) in [5, 5.41) is 12.2. The van der Waals surface area contributed by atoms with Crippen LogP contribution in [-0.4, -0.2) is 102 Å². The number of nitrogens with one attached hydrogen (secondary N) is 1. The minimum atomic E-state index is -1.06. The molecule has 4 N–H and O–H groups in total. The van der Waals surface area contributed by atoms with E-state index in [1.165, 1.54) is 0 Å². The first-order chi connectivity index (χ1) is 22.3. The Morgan fingerprint density at radius 3 is 2.33 bits per heavy atom. The number of piperazine rings is 1. The maximum Gasteiger partial charge on any atom is 0.409 e. The first-order valence-electron chi connectivity index (χ1n) is 16.5. The van der Waals surface area contributed by atoms with E-state index < -0.39 is 24.0 Å². The van der Waals surface area contributed by atoms with Gasteiger partial charge in [0.25, 0.3) is 5.91 Å². The highest BCUT2D eigenvalue weighted by Crippen LogP contribution is 2.28. The molecular formula is C34H48N6O6. The molecule has 46 heavy (non-hydrogen) atoms. The van der Waals surface area contributed by atoms with Crippen molar-refractivity contribution in [3.63, 3.8) is 0 Å². The Hall–Kier alpha value is -4.19. The van der Waals surface area contributed by atoms with E-state index in [4.69, 9.17) is 10.5 Å². The van der Waals surface area contributed by atoms with Crippen molar-refractivity contribution in [3.8, 4) is 11.3 Å². The molecule has 3 heterocycles. The number of hydrogen-bond donors (Lipinski definition) is 3. The summed E-state index contributed by atoms with van der Waals surface area (Å²) in [5.41, 5.74) is 8.39. The number of carbonyl (C=O) groups is 4. The highest BCUT2D eigenvalue weighted by Gasteiger charge is 2.31. The number of pyridine rings is 1. The SMILES string of the molecule is CCCCCCOC(=O)N1CCN(C(=O)[C@H](CCC(=O)O)NC(=O)c2cc(N3CCC(CN)CC3)cc(-c3ccccc3)n2)CC1. The summed E-state index contributed by atoms with van der Waals surface area (Å²) in [6.45, 7) is 5.86. The van der Waals surface area contributed by atoms with E-state index in [1.807, 2.05) is 36.4 Å². The lowest BCUT2D eigenvalue weighted by atomic mass is 9.96. The number of aliphatic carboxylic acids is 1. The van der Waals surface area contributed by atoms with E-state index in [2.05, 4.69) is 22.1 Å². The second kappa shape index (κ2) is 17.5. The number of carboxylic acid groups (broad SMARTS) is 1. The molecular weight excluding hydrogens is 588 g/mol. The van der Waals surface area contributed by atoms with Crippen molar-refractivity contribution >= 4 is 29.6 Å². The van der Waals surface area contributed by atoms with Crippen molar-refractivity contribution in [3.05, 3.63) is 48.2 Å². The van der Waals surface area contributed by atoms with Gasteiger partial charge in [0.05, 0.1) is 12.3 Å². The maximum atomic E-state index is 13.7. The Balaban J connectivity index is 1.45. The number of ether oxygens (including phenoxy) is 1. The Morgan fingerprint density at radius 1 is 0.978 bits per heavy atom. The highest BCUT2D eigenvalue weighted by atomic mass is 16.6. The van der Waals surface area contributed by atoms with Gasteiger partial charge in [0.2, 0.25) is 5.91 Å². The predicted molar refractivity (Wildman–Crippen MR) is 175 cm³/mol. The molecule has 2 aromatic rings. The van der Waals surface area contributed by atoms with Crippen LogP contribution < -0.4 is 16.0 Å². The molecule has 2 aliphatic heterocycles. The summed E-state index contributed by atoms with van der Waals surface area (Å²) in [6.07, 6.45) is 5.18. The number of amides is 3. The van der Waals surface area contributed by atoms with Crippen LogP contribution >= 0.6 is 0 Å². The molecule has 2 fully saturated rings. The van der Waals surface area contributed by atoms with Crippen LogP contribution in [0, 0.1) is 5.92 Å². The van der Waals surface area contributed by atoms with Crippen LogP contribution in [-0.2, 0) is 14.3 Å². The second-order valence-corrected chi connectivity index (χ2v) is 12.1. The summed E-state index contributed by atoms with van der Waals surface area (Å²) in [7, 11) is 0. The molecule has 0 radical (unpaired) electrons. The van der Waals surface area contributed by atoms with Gasteiger partial charge in [0.1, 0.15) is 11.7 Å². The topological polar surface area (TPSA) is 158 Å². The lowest BCUT2D eigenvalue weighted by Crippen LogP contribution is -2.56. The van der Waals surface area contributed by atoms with Crippen molar-refractivity contribution in [1.82, 2.24) is 20.1 Å². The predicted octanol–water partition coefficient (Wildman–Crippen LogP) is 3.75. The molecule has 2 aliphatic rings. The largest absolute Gasteiger partial charge is 0.481 e. The smallest absolute Gasteiger partial charge is 0.409 e. The van der Waals surface area contributed by atoms with E-state index in [0.717, 1.165) is 62.9 Å². The Labute approximate surface area is 271 Å². The van der Waals surface area contributed by atoms with Crippen LogP contribution in [0.15, 0.2) is 42.5 Å². The zero-order valence-corrected chi connectivity index (χ0v) is 26.9. The molecule has 1 aromatic heterocycles. The first-order valence-corrected chi connectivity index (χ1v) is 16.5. The van der Waals surface area contributed by atoms with Gasteiger partial charge in [0.15, 0.2) is 0 Å². The van der Waals surface area contributed by atoms with Crippen LogP contribution in [0.5, 0.6) is 0 Å². The fourth-order valence-corrected chi connectivity index (χ4v) is 5.87. The summed E-state index contributed by atoms with van der Waals surface area (Å²) in [4.78, 5) is 61.3. The molecule has 0 bridgehead atoms. The number of piperidine rings is 1. The van der Waals surface area contributed by atoms with Gasteiger partial charge in [-0.25, -0.2) is 9.78 Å². The van der Waals surface area contributed by atoms with Crippen LogP contribution in [0.4, 0.5) is 10.5 Å². The number of hydrogen-bond acceptors (Lipinski definition) is 8. The zero-order valence-electron chi connectivity index (χ0n) is 26.9. The first kappa shape index (κ1) is 34.7. The number of anilines is 1. The van der Waals surface area contributed by atoms with Crippen molar-refractivity contribution in [1.29, 1.82) is 0 Å². The third-order valence-electron chi connectivity index (χ3n) is 8.75. The van der Waals surface area contributed by atoms with E-state index in [1.54, 1.807) is 15.9 Å². The Morgan fingerprint density at radius 2 is 1.67 bits per heavy atom. The third-order valence-corrected chi connectivity index (χ3v) is 8.75. The molecule has 0 unspecified atom stereocenters. The van der Waals surface area contributed by atoms with Gasteiger partial charge >= 0.3 is 12.1 Å². The molecule has 250 valence electrons. The quantitative estimate of drug-likeness (QED) is 0.263. The minimum absolute atomic E-state index is 0.0717. The standard InChI is InChI=1S/C34H48N6O6/c1-2-3-4-8-21-46-34(45)40-19-17-39(18-20-40)33(44)28(11-12-31(41)42)37-32(43)30-23-27(38-15-13-25(24-35)14-16-38)22-29(36-30)26-9-6-5-7-10-26/h5-7,9-10,22-23,25,28H,2-4,8,11-21,24,35H2,1H3,(H,37,43)(H,41,42)/t28-/m0/s1. The number of aromatic nitrogens is 1. The van der Waals surface area contributed by atoms with Crippen molar-refractivity contribution in [2.75, 3.05) is 57.3 Å². The van der Waals surface area contributed by atoms with Gasteiger partial charge in [0, 0.05) is 56.9 Å². The highest BCUT2D eigenvalue weighted by molar-refractivity contribution is 5.97. The van der Waals surface area contributed by atoms with Gasteiger partial charge in [-0.15, -0.1) is 0 Å². The molecule has 1 aromatic carbocycles. The molecule has 0 aliphatic carbocycles. The summed E-state index contributed by atoms with van der Waals surface area (Å²) >= 11 is 0. The summed E-state index contributed by atoms with van der Waals surface area (Å²) in [6, 6.07) is 12.2. The Bertz CT molecular complexity index is 1310. The molecule has 12 nitrogen and oxygen atoms in total. The molecule has 0 saturated carbocycles. The molecule has 1 atom stereocenters. The number of unbranched alkanes of at least 4 members (excludes halogenated alkanes) is 3. The van der Waals surface area contributed by atoms with Crippen LogP contribution in [0.1, 0.15) is 68.8 Å². The third kappa shape index (κ3) is 9.90. The van der Waals surface area contributed by atoms with E-state index >= 15 is 0 Å². The van der Waals surface area contributed by atoms with E-state index in [-0.39, 0.29) is 37.5 Å². The van der Waals surface area contributed by atoms with E-state index in [9.17, 15) is 24.3 Å². The fraction of sp³-hybridized carbons (Fsp3) is 0.559. The minimum Gasteiger partial charge on any atom is -0.481 e. The maximum absolute atomic E-state index is 13.7. The normalized spacial score (nSPS) is 16.2. The number of nitrogens with zero attached hydrogens (tertiary/aromatic N) is 4. The van der Waals surface area contributed by atoms with Crippen LogP contribution in [0.25, 0.3) is 11.3 Å². The second-order valence-electron chi connectivity index (χ2n) is 12.1. The van der Waals surface area contributed by atoms with E-state index in [0.29, 0.717) is 37.9 Å². The van der Waals surface area contributed by atoms with Crippen LogP contribution in [0.2, 0.25) is 0 Å². The summed E-state index contributed by atoms with van der Waals surface area (Å²) in [5.74, 6) is -1.53. The number of nitrogens with two attached hydrogens (primary N) is 1. The van der Waals surface area contributed by atoms with Gasteiger partial charge in [-0.3, -0.25) is 14.4 Å². The molecule has 12 heteroatoms. The molecule has 4 rings (SSSR count). The van der Waals surface area contributed by atoms with Gasteiger partial charge in [-0.2, -0.15) is 0 Å². The number of rotatable bonds is 14. The Kier molecular flexibility index (Phi) is 13.2. The number of benzene rings is 1.